The zero-order valence-corrected chi connectivity index (χ0v) is 9.15. The SMILES string of the molecule is CCN(CCSO)C1CCNCC1. The van der Waals surface area contributed by atoms with Crippen LogP contribution < -0.4 is 5.32 Å². The molecule has 0 spiro atoms. The number of piperidine rings is 1. The summed E-state index contributed by atoms with van der Waals surface area (Å²) in [6, 6.07) is 0.735. The molecule has 0 saturated carbocycles. The van der Waals surface area contributed by atoms with Crippen LogP contribution in [0.5, 0.6) is 0 Å². The van der Waals surface area contributed by atoms with Gasteiger partial charge >= 0.3 is 0 Å². The topological polar surface area (TPSA) is 35.5 Å². The van der Waals surface area contributed by atoms with Crippen molar-refractivity contribution in [2.24, 2.45) is 0 Å². The molecule has 0 unspecified atom stereocenters. The van der Waals surface area contributed by atoms with Crippen LogP contribution in [-0.4, -0.2) is 47.4 Å². The van der Waals surface area contributed by atoms with Crippen LogP contribution >= 0.6 is 12.0 Å². The van der Waals surface area contributed by atoms with Gasteiger partial charge in [0.25, 0.3) is 0 Å². The lowest BCUT2D eigenvalue weighted by Gasteiger charge is -2.33. The highest BCUT2D eigenvalue weighted by atomic mass is 32.2. The predicted octanol–water partition coefficient (Wildman–Crippen LogP) is 1.27. The molecule has 0 aromatic carbocycles. The highest BCUT2D eigenvalue weighted by Crippen LogP contribution is 2.11. The van der Waals surface area contributed by atoms with Crippen molar-refractivity contribution in [3.63, 3.8) is 0 Å². The molecule has 3 nitrogen and oxygen atoms in total. The lowest BCUT2D eigenvalue weighted by molar-refractivity contribution is 0.180. The maximum absolute atomic E-state index is 8.69. The first-order valence-electron chi connectivity index (χ1n) is 5.09. The molecule has 1 saturated heterocycles. The summed E-state index contributed by atoms with van der Waals surface area (Å²) in [4.78, 5) is 2.48. The molecule has 0 bridgehead atoms. The summed E-state index contributed by atoms with van der Waals surface area (Å²) >= 11 is 0.952. The van der Waals surface area contributed by atoms with Gasteiger partial charge in [-0.05, 0) is 44.5 Å². The van der Waals surface area contributed by atoms with E-state index in [1.54, 1.807) is 0 Å². The predicted molar refractivity (Wildman–Crippen MR) is 58.2 cm³/mol. The Labute approximate surface area is 85.1 Å². The molecular weight excluding hydrogens is 184 g/mol. The molecule has 1 rings (SSSR count). The van der Waals surface area contributed by atoms with Gasteiger partial charge in [0.15, 0.2) is 0 Å². The quantitative estimate of drug-likeness (QED) is 0.661. The molecule has 1 fully saturated rings. The Morgan fingerprint density at radius 1 is 1.46 bits per heavy atom. The van der Waals surface area contributed by atoms with Crippen molar-refractivity contribution >= 4 is 12.0 Å². The van der Waals surface area contributed by atoms with E-state index < -0.39 is 0 Å². The molecule has 0 atom stereocenters. The van der Waals surface area contributed by atoms with Gasteiger partial charge in [0.1, 0.15) is 0 Å². The molecule has 0 amide bonds. The molecule has 1 aliphatic rings. The Bertz CT molecular complexity index is 129. The molecule has 13 heavy (non-hydrogen) atoms. The number of rotatable bonds is 5. The van der Waals surface area contributed by atoms with E-state index in [0.717, 1.165) is 50.0 Å². The molecule has 1 aliphatic heterocycles. The molecule has 0 aromatic rings. The van der Waals surface area contributed by atoms with Crippen molar-refractivity contribution in [1.29, 1.82) is 0 Å². The van der Waals surface area contributed by atoms with Crippen LogP contribution in [0.1, 0.15) is 19.8 Å². The third-order valence-corrected chi connectivity index (χ3v) is 3.07. The number of hydrogen-bond acceptors (Lipinski definition) is 4. The minimum absolute atomic E-state index is 0.735. The molecule has 0 radical (unpaired) electrons. The second-order valence-corrected chi connectivity index (χ2v) is 4.11. The molecule has 4 heteroatoms. The van der Waals surface area contributed by atoms with E-state index in [-0.39, 0.29) is 0 Å². The van der Waals surface area contributed by atoms with Crippen molar-refractivity contribution in [2.75, 3.05) is 31.9 Å². The van der Waals surface area contributed by atoms with Crippen LogP contribution in [0.25, 0.3) is 0 Å². The van der Waals surface area contributed by atoms with E-state index in [2.05, 4.69) is 17.1 Å². The van der Waals surface area contributed by atoms with Crippen LogP contribution in [0.2, 0.25) is 0 Å². The van der Waals surface area contributed by atoms with Crippen molar-refractivity contribution in [2.45, 2.75) is 25.8 Å². The average molecular weight is 204 g/mol. The van der Waals surface area contributed by atoms with Crippen molar-refractivity contribution in [3.8, 4) is 0 Å². The van der Waals surface area contributed by atoms with Crippen molar-refractivity contribution in [1.82, 2.24) is 10.2 Å². The van der Waals surface area contributed by atoms with E-state index in [9.17, 15) is 0 Å². The van der Waals surface area contributed by atoms with E-state index in [0.29, 0.717) is 0 Å². The third kappa shape index (κ3) is 3.85. The molecule has 1 heterocycles. The largest absolute Gasteiger partial charge is 0.330 e. The van der Waals surface area contributed by atoms with Gasteiger partial charge in [-0.1, -0.05) is 6.92 Å². The van der Waals surface area contributed by atoms with Crippen LogP contribution in [-0.2, 0) is 0 Å². The second-order valence-electron chi connectivity index (χ2n) is 3.44. The summed E-state index contributed by atoms with van der Waals surface area (Å²) in [5.74, 6) is 0.831. The van der Waals surface area contributed by atoms with Gasteiger partial charge in [-0.2, -0.15) is 0 Å². The Morgan fingerprint density at radius 3 is 2.69 bits per heavy atom. The highest BCUT2D eigenvalue weighted by molar-refractivity contribution is 7.93. The van der Waals surface area contributed by atoms with Gasteiger partial charge in [-0.15, -0.1) is 0 Å². The summed E-state index contributed by atoms with van der Waals surface area (Å²) in [5, 5.41) is 3.37. The lowest BCUT2D eigenvalue weighted by atomic mass is 10.1. The van der Waals surface area contributed by atoms with Gasteiger partial charge < -0.3 is 9.87 Å². The minimum atomic E-state index is 0.735. The van der Waals surface area contributed by atoms with Gasteiger partial charge in [0.2, 0.25) is 0 Å². The number of nitrogens with zero attached hydrogens (tertiary/aromatic N) is 1. The fourth-order valence-electron chi connectivity index (χ4n) is 1.93. The van der Waals surface area contributed by atoms with Gasteiger partial charge in [-0.25, -0.2) is 0 Å². The third-order valence-electron chi connectivity index (χ3n) is 2.70. The Morgan fingerprint density at radius 2 is 2.15 bits per heavy atom. The monoisotopic (exact) mass is 204 g/mol. The first-order valence-corrected chi connectivity index (χ1v) is 6.04. The fourth-order valence-corrected chi connectivity index (χ4v) is 2.24. The molecule has 2 N–H and O–H groups in total. The number of nitrogens with one attached hydrogen (secondary N) is 1. The summed E-state index contributed by atoms with van der Waals surface area (Å²) in [5.41, 5.74) is 0. The van der Waals surface area contributed by atoms with Gasteiger partial charge in [0, 0.05) is 18.3 Å². The Kier molecular flexibility index (Phi) is 5.78. The molecule has 0 aromatic heterocycles. The second kappa shape index (κ2) is 6.65. The van der Waals surface area contributed by atoms with E-state index in [1.807, 2.05) is 0 Å². The number of hydrogen-bond donors (Lipinski definition) is 2. The van der Waals surface area contributed by atoms with Crippen LogP contribution in [0, 0.1) is 0 Å². The Hall–Kier alpha value is 0.230. The molecule has 0 aliphatic carbocycles. The highest BCUT2D eigenvalue weighted by Gasteiger charge is 2.18. The zero-order chi connectivity index (χ0) is 9.52. The van der Waals surface area contributed by atoms with Gasteiger partial charge in [0.05, 0.1) is 0 Å². The lowest BCUT2D eigenvalue weighted by Crippen LogP contribution is -2.43. The smallest absolute Gasteiger partial charge is 0.0323 e. The molecule has 78 valence electrons. The van der Waals surface area contributed by atoms with E-state index in [1.165, 1.54) is 12.8 Å². The summed E-state index contributed by atoms with van der Waals surface area (Å²) < 4.78 is 8.69. The standard InChI is InChI=1S/C9H20N2OS/c1-2-11(7-8-13-12)9-3-5-10-6-4-9/h9-10,12H,2-8H2,1H3. The first kappa shape index (κ1) is 11.3. The van der Waals surface area contributed by atoms with E-state index >= 15 is 0 Å². The fraction of sp³-hybridized carbons (Fsp3) is 1.00. The van der Waals surface area contributed by atoms with Crippen LogP contribution in [0.3, 0.4) is 0 Å². The zero-order valence-electron chi connectivity index (χ0n) is 8.33. The summed E-state index contributed by atoms with van der Waals surface area (Å²) in [7, 11) is 0. The normalized spacial score (nSPS) is 19.6. The van der Waals surface area contributed by atoms with Crippen LogP contribution in [0.4, 0.5) is 0 Å². The minimum Gasteiger partial charge on any atom is -0.330 e. The maximum atomic E-state index is 8.69. The van der Waals surface area contributed by atoms with Gasteiger partial charge in [-0.3, -0.25) is 4.90 Å². The summed E-state index contributed by atoms with van der Waals surface area (Å²) in [6.45, 7) is 6.61. The maximum Gasteiger partial charge on any atom is 0.0323 e. The molecular formula is C9H20N2OS. The van der Waals surface area contributed by atoms with Crippen molar-refractivity contribution in [3.05, 3.63) is 0 Å². The average Bonchev–Trinajstić information content (AvgIpc) is 2.21. The first-order chi connectivity index (χ1) is 6.38. The Balaban J connectivity index is 2.26. The van der Waals surface area contributed by atoms with Crippen molar-refractivity contribution < 1.29 is 4.55 Å². The summed E-state index contributed by atoms with van der Waals surface area (Å²) in [6.07, 6.45) is 2.51. The van der Waals surface area contributed by atoms with E-state index in [4.69, 9.17) is 4.55 Å². The van der Waals surface area contributed by atoms with Crippen LogP contribution in [0.15, 0.2) is 0 Å².